The highest BCUT2D eigenvalue weighted by Gasteiger charge is 2.28. The first-order valence-corrected chi connectivity index (χ1v) is 11.7. The summed E-state index contributed by atoms with van der Waals surface area (Å²) in [6, 6.07) is 22.1. The molecule has 166 valence electrons. The molecule has 0 saturated carbocycles. The Morgan fingerprint density at radius 1 is 0.969 bits per heavy atom. The Labute approximate surface area is 186 Å². The molecule has 7 nitrogen and oxygen atoms in total. The van der Waals surface area contributed by atoms with Gasteiger partial charge in [-0.3, -0.25) is 4.79 Å². The lowest BCUT2D eigenvalue weighted by Gasteiger charge is -2.24. The fraction of sp³-hybridized carbons (Fsp3) is 0.208. The number of hydrogen-bond donors (Lipinski definition) is 2. The van der Waals surface area contributed by atoms with Gasteiger partial charge in [-0.2, -0.15) is 4.31 Å². The average molecular weight is 452 g/mol. The van der Waals surface area contributed by atoms with Crippen molar-refractivity contribution in [1.82, 2.24) is 8.87 Å². The molecule has 4 rings (SSSR count). The number of aromatic nitrogens is 1. The fourth-order valence-corrected chi connectivity index (χ4v) is 5.43. The summed E-state index contributed by atoms with van der Waals surface area (Å²) in [7, 11) is -4.01. The van der Waals surface area contributed by atoms with E-state index in [0.717, 1.165) is 31.7 Å². The second kappa shape index (κ2) is 8.74. The molecule has 0 aliphatic carbocycles. The number of para-hydroxylation sites is 2. The van der Waals surface area contributed by atoms with Crippen LogP contribution in [-0.4, -0.2) is 47.5 Å². The highest BCUT2D eigenvalue weighted by molar-refractivity contribution is 7.89. The third-order valence-corrected chi connectivity index (χ3v) is 7.30. The molecular weight excluding hydrogens is 426 g/mol. The summed E-state index contributed by atoms with van der Waals surface area (Å²) in [5.74, 6) is -0.787. The van der Waals surface area contributed by atoms with E-state index >= 15 is 0 Å². The Bertz CT molecular complexity index is 1320. The van der Waals surface area contributed by atoms with Crippen molar-refractivity contribution in [1.29, 1.82) is 0 Å². The molecule has 0 fully saturated rings. The predicted molar refractivity (Wildman–Crippen MR) is 125 cm³/mol. The Morgan fingerprint density at radius 2 is 1.50 bits per heavy atom. The molecule has 0 radical (unpaired) electrons. The smallest absolute Gasteiger partial charge is 0.243 e. The maximum atomic E-state index is 13.1. The number of carbonyl (C=O) groups is 1. The minimum atomic E-state index is -4.01. The molecule has 0 saturated heterocycles. The van der Waals surface area contributed by atoms with Crippen molar-refractivity contribution in [3.63, 3.8) is 0 Å². The molecule has 1 aromatic heterocycles. The van der Waals surface area contributed by atoms with Gasteiger partial charge in [0.2, 0.25) is 15.9 Å². The molecule has 0 bridgehead atoms. The van der Waals surface area contributed by atoms with Crippen molar-refractivity contribution >= 4 is 37.7 Å². The van der Waals surface area contributed by atoms with Crippen molar-refractivity contribution in [2.75, 3.05) is 13.1 Å². The molecule has 0 aliphatic heterocycles. The third-order valence-electron chi connectivity index (χ3n) is 5.48. The monoisotopic (exact) mass is 451 g/mol. The van der Waals surface area contributed by atoms with Crippen molar-refractivity contribution in [3.05, 3.63) is 78.4 Å². The zero-order valence-electron chi connectivity index (χ0n) is 17.7. The Hall–Kier alpha value is -3.20. The van der Waals surface area contributed by atoms with Crippen LogP contribution in [0.15, 0.2) is 77.7 Å². The minimum Gasteiger partial charge on any atom is -0.390 e. The molecule has 3 N–H and O–H groups in total. The quantitative estimate of drug-likeness (QED) is 0.430. The van der Waals surface area contributed by atoms with Crippen molar-refractivity contribution < 1.29 is 18.3 Å². The average Bonchev–Trinajstić information content (AvgIpc) is 3.07. The lowest BCUT2D eigenvalue weighted by molar-refractivity contribution is -0.118. The maximum Gasteiger partial charge on any atom is 0.243 e. The number of rotatable bonds is 8. The summed E-state index contributed by atoms with van der Waals surface area (Å²) in [6.45, 7) is 1.24. The fourth-order valence-electron chi connectivity index (χ4n) is 3.98. The normalized spacial score (nSPS) is 13.1. The van der Waals surface area contributed by atoms with E-state index in [0.29, 0.717) is 0 Å². The molecule has 0 unspecified atom stereocenters. The third kappa shape index (κ3) is 4.25. The van der Waals surface area contributed by atoms with Crippen molar-refractivity contribution in [3.8, 4) is 0 Å². The number of nitrogens with two attached hydrogens (primary N) is 1. The number of amides is 1. The number of aliphatic hydroxyl groups is 1. The van der Waals surface area contributed by atoms with Gasteiger partial charge in [0.1, 0.15) is 0 Å². The number of hydrogen-bond acceptors (Lipinski definition) is 4. The van der Waals surface area contributed by atoms with E-state index in [-0.39, 0.29) is 18.0 Å². The number of aliphatic hydroxyl groups excluding tert-OH is 1. The number of fused-ring (bicyclic) bond motifs is 3. The van der Waals surface area contributed by atoms with Gasteiger partial charge in [-0.1, -0.05) is 54.1 Å². The van der Waals surface area contributed by atoms with Crippen LogP contribution < -0.4 is 5.73 Å². The predicted octanol–water partition coefficient (Wildman–Crippen LogP) is 2.64. The zero-order chi connectivity index (χ0) is 22.9. The van der Waals surface area contributed by atoms with E-state index in [2.05, 4.69) is 0 Å². The molecular formula is C24H25N3O4S. The Kier molecular flexibility index (Phi) is 6.01. The van der Waals surface area contributed by atoms with E-state index in [9.17, 15) is 18.3 Å². The number of primary amides is 1. The van der Waals surface area contributed by atoms with Crippen LogP contribution in [0.2, 0.25) is 0 Å². The first kappa shape index (κ1) is 22.0. The van der Waals surface area contributed by atoms with Crippen molar-refractivity contribution in [2.45, 2.75) is 24.5 Å². The molecule has 1 amide bonds. The van der Waals surface area contributed by atoms with Crippen LogP contribution in [0.5, 0.6) is 0 Å². The largest absolute Gasteiger partial charge is 0.390 e. The lowest BCUT2D eigenvalue weighted by atomic mass is 10.2. The summed E-state index contributed by atoms with van der Waals surface area (Å²) >= 11 is 0. The lowest BCUT2D eigenvalue weighted by Crippen LogP contribution is -2.43. The number of carbonyl (C=O) groups excluding carboxylic acids is 1. The second-order valence-electron chi connectivity index (χ2n) is 7.88. The van der Waals surface area contributed by atoms with Gasteiger partial charge in [0.15, 0.2) is 0 Å². The van der Waals surface area contributed by atoms with Crippen LogP contribution in [-0.2, 0) is 21.4 Å². The van der Waals surface area contributed by atoms with Crippen LogP contribution in [0, 0.1) is 6.92 Å². The summed E-state index contributed by atoms with van der Waals surface area (Å²) < 4.78 is 29.2. The van der Waals surface area contributed by atoms with Crippen LogP contribution in [0.1, 0.15) is 5.56 Å². The Balaban J connectivity index is 1.65. The molecule has 1 heterocycles. The second-order valence-corrected chi connectivity index (χ2v) is 9.81. The number of nitrogens with zero attached hydrogens (tertiary/aromatic N) is 2. The van der Waals surface area contributed by atoms with Crippen LogP contribution in [0.4, 0.5) is 0 Å². The molecule has 1 atom stereocenters. The van der Waals surface area contributed by atoms with Crippen molar-refractivity contribution in [2.24, 2.45) is 5.73 Å². The van der Waals surface area contributed by atoms with Crippen LogP contribution >= 0.6 is 0 Å². The summed E-state index contributed by atoms with van der Waals surface area (Å²) in [4.78, 5) is 11.7. The molecule has 3 aromatic carbocycles. The SMILES string of the molecule is Cc1ccc(S(=O)(=O)N(CC(N)=O)C[C@H](O)Cn2c3ccccc3c3ccccc32)cc1. The van der Waals surface area contributed by atoms with Gasteiger partial charge >= 0.3 is 0 Å². The van der Waals surface area contributed by atoms with Gasteiger partial charge in [0.25, 0.3) is 0 Å². The standard InChI is InChI=1S/C24H25N3O4S/c1-17-10-12-19(13-11-17)32(30,31)26(16-24(25)29)14-18(28)15-27-22-8-4-2-6-20(22)21-7-3-5-9-23(21)27/h2-13,18,28H,14-16H2,1H3,(H2,25,29)/t18-/m0/s1. The van der Waals surface area contributed by atoms with Gasteiger partial charge in [-0.15, -0.1) is 0 Å². The topological polar surface area (TPSA) is 106 Å². The first-order valence-electron chi connectivity index (χ1n) is 10.3. The minimum absolute atomic E-state index is 0.0495. The molecule has 4 aromatic rings. The zero-order valence-corrected chi connectivity index (χ0v) is 18.5. The summed E-state index contributed by atoms with van der Waals surface area (Å²) in [5, 5.41) is 13.0. The number of benzene rings is 3. The first-order chi connectivity index (χ1) is 15.3. The maximum absolute atomic E-state index is 13.1. The molecule has 0 spiro atoms. The van der Waals surface area contributed by atoms with Gasteiger partial charge in [0, 0.05) is 28.4 Å². The Morgan fingerprint density at radius 3 is 2.03 bits per heavy atom. The highest BCUT2D eigenvalue weighted by atomic mass is 32.2. The van der Waals surface area contributed by atoms with Gasteiger partial charge in [-0.25, -0.2) is 8.42 Å². The number of aryl methyl sites for hydroxylation is 1. The summed E-state index contributed by atoms with van der Waals surface area (Å²) in [6.07, 6.45) is -1.06. The van der Waals surface area contributed by atoms with E-state index in [4.69, 9.17) is 5.73 Å². The van der Waals surface area contributed by atoms with E-state index in [1.807, 2.05) is 60.0 Å². The van der Waals surface area contributed by atoms with Crippen LogP contribution in [0.25, 0.3) is 21.8 Å². The van der Waals surface area contributed by atoms with E-state index in [1.165, 1.54) is 12.1 Å². The molecule has 8 heteroatoms. The molecule has 32 heavy (non-hydrogen) atoms. The molecule has 0 aliphatic rings. The van der Waals surface area contributed by atoms with E-state index in [1.54, 1.807) is 12.1 Å². The van der Waals surface area contributed by atoms with Crippen LogP contribution in [0.3, 0.4) is 0 Å². The number of sulfonamides is 1. The highest BCUT2D eigenvalue weighted by Crippen LogP contribution is 2.29. The van der Waals surface area contributed by atoms with Gasteiger partial charge in [0.05, 0.1) is 24.1 Å². The van der Waals surface area contributed by atoms with E-state index < -0.39 is 28.6 Å². The van der Waals surface area contributed by atoms with Gasteiger partial charge in [-0.05, 0) is 31.2 Å². The summed E-state index contributed by atoms with van der Waals surface area (Å²) in [5.41, 5.74) is 8.12. The van der Waals surface area contributed by atoms with Gasteiger partial charge < -0.3 is 15.4 Å².